The van der Waals surface area contributed by atoms with Crippen LogP contribution in [-0.4, -0.2) is 41.2 Å². The van der Waals surface area contributed by atoms with Crippen LogP contribution in [0.3, 0.4) is 0 Å². The number of aliphatic imine (C=N–C) groups is 1. The number of halogens is 4. The number of amidine groups is 1. The smallest absolute Gasteiger partial charge is 0.411 e. The zero-order chi connectivity index (χ0) is 22.1. The summed E-state index contributed by atoms with van der Waals surface area (Å²) in [6, 6.07) is 0.579. The van der Waals surface area contributed by atoms with E-state index in [1.54, 1.807) is 0 Å². The van der Waals surface area contributed by atoms with E-state index in [-0.39, 0.29) is 22.8 Å². The highest BCUT2D eigenvalue weighted by Crippen LogP contribution is 2.41. The second-order valence-electron chi connectivity index (χ2n) is 6.65. The van der Waals surface area contributed by atoms with E-state index in [0.29, 0.717) is 0 Å². The SMILES string of the molecule is COc1cnc(C(=O)Nc2ccc(F)c([C@]3(C)C[C@@H](C(F)(F)F)N=C(N)O3)c2)cn1. The minimum Gasteiger partial charge on any atom is -0.480 e. The predicted molar refractivity (Wildman–Crippen MR) is 97.5 cm³/mol. The number of anilines is 1. The molecule has 2 aromatic rings. The lowest BCUT2D eigenvalue weighted by Crippen LogP contribution is -2.46. The van der Waals surface area contributed by atoms with E-state index in [2.05, 4.69) is 20.3 Å². The molecule has 1 aliphatic heterocycles. The fourth-order valence-corrected chi connectivity index (χ4v) is 2.96. The molecule has 3 N–H and O–H groups in total. The lowest BCUT2D eigenvalue weighted by Gasteiger charge is -2.37. The van der Waals surface area contributed by atoms with Crippen LogP contribution in [0.1, 0.15) is 29.4 Å². The van der Waals surface area contributed by atoms with Crippen molar-refractivity contribution in [3.8, 4) is 5.88 Å². The van der Waals surface area contributed by atoms with Gasteiger partial charge in [0.1, 0.15) is 17.1 Å². The molecule has 0 radical (unpaired) electrons. The molecule has 3 rings (SSSR count). The summed E-state index contributed by atoms with van der Waals surface area (Å²) >= 11 is 0. The van der Waals surface area contributed by atoms with E-state index in [0.717, 1.165) is 6.07 Å². The largest absolute Gasteiger partial charge is 0.480 e. The lowest BCUT2D eigenvalue weighted by molar-refractivity contribution is -0.164. The Bertz CT molecular complexity index is 981. The quantitative estimate of drug-likeness (QED) is 0.726. The average molecular weight is 427 g/mol. The summed E-state index contributed by atoms with van der Waals surface area (Å²) in [5, 5.41) is 2.48. The van der Waals surface area contributed by atoms with Gasteiger partial charge in [-0.2, -0.15) is 13.2 Å². The summed E-state index contributed by atoms with van der Waals surface area (Å²) in [6.07, 6.45) is -2.95. The molecule has 8 nitrogen and oxygen atoms in total. The highest BCUT2D eigenvalue weighted by Gasteiger charge is 2.49. The van der Waals surface area contributed by atoms with Gasteiger partial charge in [-0.15, -0.1) is 0 Å². The number of nitrogens with one attached hydrogen (secondary N) is 1. The van der Waals surface area contributed by atoms with Gasteiger partial charge in [0, 0.05) is 17.7 Å². The van der Waals surface area contributed by atoms with Gasteiger partial charge in [0.25, 0.3) is 11.9 Å². The Kier molecular flexibility index (Phi) is 5.51. The highest BCUT2D eigenvalue weighted by molar-refractivity contribution is 6.02. The standard InChI is InChI=1S/C18H17F4N5O3/c1-17(6-13(18(20,21)22)27-16(23)30-17)10-5-9(3-4-11(10)19)26-15(28)12-7-25-14(29-2)8-24-12/h3-5,7-8,13H,6H2,1-2H3,(H2,23,27)(H,26,28)/t13-,17-/m0/s1. The first-order chi connectivity index (χ1) is 14.0. The fourth-order valence-electron chi connectivity index (χ4n) is 2.96. The van der Waals surface area contributed by atoms with Gasteiger partial charge in [-0.1, -0.05) is 0 Å². The second kappa shape index (κ2) is 7.76. The number of hydrogen-bond acceptors (Lipinski definition) is 7. The number of benzene rings is 1. The van der Waals surface area contributed by atoms with E-state index < -0.39 is 42.0 Å². The van der Waals surface area contributed by atoms with Crippen LogP contribution < -0.4 is 15.8 Å². The second-order valence-corrected chi connectivity index (χ2v) is 6.65. The van der Waals surface area contributed by atoms with Gasteiger partial charge in [0.05, 0.1) is 19.5 Å². The third-order valence-corrected chi connectivity index (χ3v) is 4.44. The monoisotopic (exact) mass is 427 g/mol. The molecule has 1 aromatic heterocycles. The van der Waals surface area contributed by atoms with Crippen molar-refractivity contribution in [1.29, 1.82) is 0 Å². The Morgan fingerprint density at radius 3 is 2.67 bits per heavy atom. The van der Waals surface area contributed by atoms with Crippen LogP contribution in [0.4, 0.5) is 23.2 Å². The van der Waals surface area contributed by atoms with E-state index in [4.69, 9.17) is 15.2 Å². The number of ether oxygens (including phenoxy) is 2. The first-order valence-electron chi connectivity index (χ1n) is 8.58. The van der Waals surface area contributed by atoms with E-state index in [9.17, 15) is 22.4 Å². The summed E-state index contributed by atoms with van der Waals surface area (Å²) in [4.78, 5) is 23.3. The molecular weight excluding hydrogens is 410 g/mol. The molecule has 2 atom stereocenters. The maximum Gasteiger partial charge on any atom is 0.411 e. The number of rotatable bonds is 4. The highest BCUT2D eigenvalue weighted by atomic mass is 19.4. The van der Waals surface area contributed by atoms with Crippen LogP contribution in [-0.2, 0) is 10.3 Å². The van der Waals surface area contributed by atoms with Crippen LogP contribution in [0.25, 0.3) is 0 Å². The summed E-state index contributed by atoms with van der Waals surface area (Å²) in [7, 11) is 1.39. The number of carbonyl (C=O) groups excluding carboxylic acids is 1. The summed E-state index contributed by atoms with van der Waals surface area (Å²) in [5.74, 6) is -1.28. The molecule has 12 heteroatoms. The topological polar surface area (TPSA) is 112 Å². The van der Waals surface area contributed by atoms with Crippen molar-refractivity contribution >= 4 is 17.6 Å². The molecule has 0 aliphatic carbocycles. The molecule has 0 fully saturated rings. The van der Waals surface area contributed by atoms with Crippen molar-refractivity contribution in [2.75, 3.05) is 12.4 Å². The molecule has 0 spiro atoms. The molecule has 30 heavy (non-hydrogen) atoms. The summed E-state index contributed by atoms with van der Waals surface area (Å²) in [6.45, 7) is 1.27. The zero-order valence-electron chi connectivity index (χ0n) is 15.8. The van der Waals surface area contributed by atoms with Crippen LogP contribution in [0.2, 0.25) is 0 Å². The number of nitrogens with two attached hydrogens (primary N) is 1. The van der Waals surface area contributed by atoms with Crippen LogP contribution in [0.5, 0.6) is 5.88 Å². The molecular formula is C18H17F4N5O3. The fraction of sp³-hybridized carbons (Fsp3) is 0.333. The van der Waals surface area contributed by atoms with Gasteiger partial charge in [-0.3, -0.25) is 4.79 Å². The molecule has 160 valence electrons. The minimum absolute atomic E-state index is 0.0460. The third-order valence-electron chi connectivity index (χ3n) is 4.44. The Balaban J connectivity index is 1.87. The Hall–Kier alpha value is -3.44. The first kappa shape index (κ1) is 21.3. The number of aromatic nitrogens is 2. The van der Waals surface area contributed by atoms with Gasteiger partial charge in [-0.05, 0) is 25.1 Å². The van der Waals surface area contributed by atoms with Gasteiger partial charge in [0.15, 0.2) is 6.04 Å². The first-order valence-corrected chi connectivity index (χ1v) is 8.58. The number of amides is 1. The predicted octanol–water partition coefficient (Wildman–Crippen LogP) is 2.76. The normalized spacial score (nSPS) is 21.4. The molecule has 1 aliphatic rings. The van der Waals surface area contributed by atoms with Crippen molar-refractivity contribution in [2.24, 2.45) is 10.7 Å². The Morgan fingerprint density at radius 2 is 2.07 bits per heavy atom. The van der Waals surface area contributed by atoms with Crippen molar-refractivity contribution in [1.82, 2.24) is 9.97 Å². The number of nitrogens with zero attached hydrogens (tertiary/aromatic N) is 3. The molecule has 0 bridgehead atoms. The third kappa shape index (κ3) is 4.42. The van der Waals surface area contributed by atoms with E-state index in [1.165, 1.54) is 38.6 Å². The average Bonchev–Trinajstić information content (AvgIpc) is 2.68. The maximum absolute atomic E-state index is 14.5. The lowest BCUT2D eigenvalue weighted by atomic mass is 9.87. The van der Waals surface area contributed by atoms with Crippen LogP contribution in [0, 0.1) is 5.82 Å². The molecule has 2 heterocycles. The molecule has 0 unspecified atom stereocenters. The Morgan fingerprint density at radius 1 is 1.33 bits per heavy atom. The zero-order valence-corrected chi connectivity index (χ0v) is 15.8. The summed E-state index contributed by atoms with van der Waals surface area (Å²) in [5.41, 5.74) is 3.51. The molecule has 0 saturated carbocycles. The molecule has 0 saturated heterocycles. The summed E-state index contributed by atoms with van der Waals surface area (Å²) < 4.78 is 64.2. The number of methoxy groups -OCH3 is 1. The van der Waals surface area contributed by atoms with Crippen LogP contribution in [0.15, 0.2) is 35.6 Å². The van der Waals surface area contributed by atoms with E-state index in [1.807, 2.05) is 0 Å². The minimum atomic E-state index is -4.68. The number of alkyl halides is 3. The van der Waals surface area contributed by atoms with Crippen molar-refractivity contribution in [3.05, 3.63) is 47.7 Å². The van der Waals surface area contributed by atoms with E-state index >= 15 is 0 Å². The van der Waals surface area contributed by atoms with Crippen molar-refractivity contribution < 1.29 is 31.8 Å². The van der Waals surface area contributed by atoms with Crippen molar-refractivity contribution in [2.45, 2.75) is 31.2 Å². The Labute approximate surface area is 168 Å². The number of hydrogen-bond donors (Lipinski definition) is 2. The van der Waals surface area contributed by atoms with Gasteiger partial charge in [-0.25, -0.2) is 19.4 Å². The van der Waals surface area contributed by atoms with Gasteiger partial charge >= 0.3 is 6.18 Å². The van der Waals surface area contributed by atoms with Crippen molar-refractivity contribution in [3.63, 3.8) is 0 Å². The maximum atomic E-state index is 14.5. The molecule has 1 amide bonds. The number of carbonyl (C=O) groups is 1. The van der Waals surface area contributed by atoms with Gasteiger partial charge in [0.2, 0.25) is 5.88 Å². The van der Waals surface area contributed by atoms with Gasteiger partial charge < -0.3 is 20.5 Å². The van der Waals surface area contributed by atoms with Crippen LogP contribution >= 0.6 is 0 Å². The molecule has 1 aromatic carbocycles.